The molecular weight excluding hydrogens is 628 g/mol. The number of tetrazole rings is 1. The second kappa shape index (κ2) is 13.3. The molecule has 1 aliphatic rings. The van der Waals surface area contributed by atoms with Crippen molar-refractivity contribution in [2.45, 2.75) is 38.0 Å². The molecule has 2 N–H and O–H groups in total. The minimum Gasteiger partial charge on any atom is -0.387 e. The Hall–Kier alpha value is -4.95. The number of benzene rings is 2. The first-order valence-electron chi connectivity index (χ1n) is 15.4. The van der Waals surface area contributed by atoms with Gasteiger partial charge in [-0.3, -0.25) is 9.97 Å². The van der Waals surface area contributed by atoms with Crippen LogP contribution < -0.4 is 9.80 Å². The quantitative estimate of drug-likeness (QED) is 0.197. The van der Waals surface area contributed by atoms with Crippen molar-refractivity contribution in [3.63, 3.8) is 0 Å². The van der Waals surface area contributed by atoms with Crippen LogP contribution >= 0.6 is 0 Å². The first-order valence-corrected chi connectivity index (χ1v) is 15.4. The summed E-state index contributed by atoms with van der Waals surface area (Å²) in [6, 6.07) is 16.0. The minimum atomic E-state index is -4.14. The second-order valence-corrected chi connectivity index (χ2v) is 12.1. The molecule has 0 amide bonds. The van der Waals surface area contributed by atoms with Crippen LogP contribution in [-0.4, -0.2) is 66.6 Å². The van der Waals surface area contributed by atoms with E-state index in [4.69, 9.17) is 0 Å². The van der Waals surface area contributed by atoms with Gasteiger partial charge in [0, 0.05) is 55.3 Å². The van der Waals surface area contributed by atoms with Crippen molar-refractivity contribution in [1.82, 2.24) is 30.2 Å². The number of pyridine rings is 2. The Balaban J connectivity index is 1.14. The number of aliphatic hydroxyl groups is 2. The number of hydrogen-bond donors (Lipinski definition) is 2. The molecule has 2 aromatic carbocycles. The van der Waals surface area contributed by atoms with E-state index < -0.39 is 47.1 Å². The fourth-order valence-electron chi connectivity index (χ4n) is 5.82. The highest BCUT2D eigenvalue weighted by atomic mass is 19.3. The van der Waals surface area contributed by atoms with Crippen molar-refractivity contribution in [2.75, 3.05) is 36.0 Å². The molecule has 2 atom stereocenters. The molecule has 10 nitrogen and oxygen atoms in total. The van der Waals surface area contributed by atoms with Crippen molar-refractivity contribution >= 4 is 11.4 Å². The van der Waals surface area contributed by atoms with E-state index in [1.807, 2.05) is 50.2 Å². The lowest BCUT2D eigenvalue weighted by molar-refractivity contribution is -0.207. The zero-order valence-corrected chi connectivity index (χ0v) is 26.3. The summed E-state index contributed by atoms with van der Waals surface area (Å²) >= 11 is 0. The van der Waals surface area contributed by atoms with E-state index in [-0.39, 0.29) is 5.92 Å². The number of alkyl halides is 2. The Morgan fingerprint density at radius 2 is 1.48 bits per heavy atom. The summed E-state index contributed by atoms with van der Waals surface area (Å²) in [6.07, 6.45) is 3.46. The molecular formula is C34H34F4N8O2. The van der Waals surface area contributed by atoms with Gasteiger partial charge in [-0.2, -0.15) is 8.78 Å². The van der Waals surface area contributed by atoms with Gasteiger partial charge >= 0.3 is 5.92 Å². The van der Waals surface area contributed by atoms with Crippen LogP contribution in [0.2, 0.25) is 0 Å². The number of aromatic nitrogens is 6. The maximum absolute atomic E-state index is 16.1. The zero-order valence-electron chi connectivity index (χ0n) is 26.3. The van der Waals surface area contributed by atoms with Crippen LogP contribution in [0.15, 0.2) is 85.5 Å². The molecule has 1 fully saturated rings. The molecule has 6 rings (SSSR count). The van der Waals surface area contributed by atoms with Gasteiger partial charge in [0.2, 0.25) is 0 Å². The molecule has 0 radical (unpaired) electrons. The average Bonchev–Trinajstić information content (AvgIpc) is 3.61. The number of aliphatic hydroxyl groups excluding tert-OH is 1. The van der Waals surface area contributed by atoms with E-state index in [1.165, 1.54) is 12.3 Å². The largest absolute Gasteiger partial charge is 0.387 e. The minimum absolute atomic E-state index is 0.0844. The van der Waals surface area contributed by atoms with Gasteiger partial charge < -0.3 is 20.0 Å². The number of anilines is 2. The molecule has 250 valence electrons. The predicted octanol–water partition coefficient (Wildman–Crippen LogP) is 5.10. The molecule has 5 aromatic rings. The van der Waals surface area contributed by atoms with Crippen LogP contribution in [0.1, 0.15) is 36.9 Å². The topological polar surface area (TPSA) is 116 Å². The average molecular weight is 663 g/mol. The number of halogens is 4. The van der Waals surface area contributed by atoms with E-state index in [0.717, 1.165) is 72.3 Å². The Labute approximate surface area is 274 Å². The van der Waals surface area contributed by atoms with Gasteiger partial charge in [-0.1, -0.05) is 32.0 Å². The Bertz CT molecular complexity index is 1820. The third-order valence-electron chi connectivity index (χ3n) is 8.68. The molecule has 14 heteroatoms. The van der Waals surface area contributed by atoms with E-state index in [9.17, 15) is 19.0 Å². The number of nitrogens with zero attached hydrogens (tertiary/aromatic N) is 8. The fraction of sp³-hybridized carbons (Fsp3) is 0.324. The zero-order chi connectivity index (χ0) is 34.1. The molecule has 0 bridgehead atoms. The lowest BCUT2D eigenvalue weighted by atomic mass is 9.84. The van der Waals surface area contributed by atoms with E-state index in [1.54, 1.807) is 6.20 Å². The third kappa shape index (κ3) is 6.45. The molecule has 0 spiro atoms. The maximum atomic E-state index is 16.1. The van der Waals surface area contributed by atoms with Crippen LogP contribution in [0.25, 0.3) is 11.1 Å². The van der Waals surface area contributed by atoms with Gasteiger partial charge in [0.1, 0.15) is 23.7 Å². The number of piperazine rings is 1. The summed E-state index contributed by atoms with van der Waals surface area (Å²) < 4.78 is 61.4. The second-order valence-electron chi connectivity index (χ2n) is 12.1. The number of hydrogen-bond acceptors (Lipinski definition) is 9. The van der Waals surface area contributed by atoms with Crippen LogP contribution in [0.3, 0.4) is 0 Å². The van der Waals surface area contributed by atoms with Gasteiger partial charge in [-0.25, -0.2) is 13.5 Å². The highest BCUT2D eigenvalue weighted by Crippen LogP contribution is 2.47. The van der Waals surface area contributed by atoms with Gasteiger partial charge in [0.15, 0.2) is 5.60 Å². The molecule has 0 aliphatic carbocycles. The van der Waals surface area contributed by atoms with Crippen molar-refractivity contribution in [1.29, 1.82) is 0 Å². The SMILES string of the molecule is CC(C)C(O)c1ccc(N2CCN(c3ccc(-c4ccc(C(F)(F)[C@](O)(Cn5cnnn5)c5ccc(F)cc5F)nc4)cc3)CC2)cn1. The standard InChI is InChI=1S/C34H34F4N8O2/c1-22(2)32(47)30-11-9-27(19-39-30)45-15-13-44(14-16-45)26-7-3-23(4-8-26)24-5-12-31(40-18-24)34(37,38)33(48,20-46-21-41-42-43-46)28-10-6-25(35)17-29(28)36/h3-12,17-19,21-22,32,47-48H,13-16,20H2,1-2H3/t32?,33-/m0/s1. The van der Waals surface area contributed by atoms with Gasteiger partial charge in [0.25, 0.3) is 0 Å². The van der Waals surface area contributed by atoms with Crippen molar-refractivity contribution in [3.05, 3.63) is 114 Å². The normalized spacial score (nSPS) is 15.9. The third-order valence-corrected chi connectivity index (χ3v) is 8.68. The highest BCUT2D eigenvalue weighted by molar-refractivity contribution is 5.66. The van der Waals surface area contributed by atoms with Crippen LogP contribution in [0, 0.1) is 17.6 Å². The van der Waals surface area contributed by atoms with Crippen molar-refractivity contribution in [3.8, 4) is 11.1 Å². The van der Waals surface area contributed by atoms with E-state index in [0.29, 0.717) is 17.3 Å². The number of rotatable bonds is 10. The summed E-state index contributed by atoms with van der Waals surface area (Å²) in [6.45, 7) is 6.11. The predicted molar refractivity (Wildman–Crippen MR) is 170 cm³/mol. The Morgan fingerprint density at radius 3 is 2.04 bits per heavy atom. The van der Waals surface area contributed by atoms with Gasteiger partial charge in [0.05, 0.1) is 30.2 Å². The first kappa shape index (κ1) is 33.0. The summed E-state index contributed by atoms with van der Waals surface area (Å²) in [4.78, 5) is 12.9. The summed E-state index contributed by atoms with van der Waals surface area (Å²) in [5, 5.41) is 32.0. The molecule has 0 saturated carbocycles. The van der Waals surface area contributed by atoms with Crippen molar-refractivity contribution in [2.24, 2.45) is 5.92 Å². The van der Waals surface area contributed by atoms with Gasteiger partial charge in [-0.15, -0.1) is 5.10 Å². The lowest BCUT2D eigenvalue weighted by Crippen LogP contribution is -2.48. The molecule has 3 aromatic heterocycles. The molecule has 1 saturated heterocycles. The maximum Gasteiger partial charge on any atom is 0.323 e. The summed E-state index contributed by atoms with van der Waals surface area (Å²) in [7, 11) is 0. The molecule has 1 aliphatic heterocycles. The molecule has 4 heterocycles. The first-order chi connectivity index (χ1) is 23.0. The molecule has 1 unspecified atom stereocenters. The van der Waals surface area contributed by atoms with Crippen LogP contribution in [-0.2, 0) is 18.1 Å². The van der Waals surface area contributed by atoms with Crippen molar-refractivity contribution < 1.29 is 27.8 Å². The Kier molecular flexibility index (Phi) is 9.12. The molecule has 48 heavy (non-hydrogen) atoms. The lowest BCUT2D eigenvalue weighted by Gasteiger charge is -2.37. The van der Waals surface area contributed by atoms with Gasteiger partial charge in [-0.05, 0) is 64.4 Å². The monoisotopic (exact) mass is 662 g/mol. The van der Waals surface area contributed by atoms with E-state index in [2.05, 4.69) is 35.3 Å². The summed E-state index contributed by atoms with van der Waals surface area (Å²) in [5.74, 6) is -6.39. The van der Waals surface area contributed by atoms with E-state index >= 15 is 8.78 Å². The highest BCUT2D eigenvalue weighted by Gasteiger charge is 2.58. The summed E-state index contributed by atoms with van der Waals surface area (Å²) in [5.41, 5.74) is -0.890. The fourth-order valence-corrected chi connectivity index (χ4v) is 5.82. The van der Waals surface area contributed by atoms with Crippen LogP contribution in [0.5, 0.6) is 0 Å². The smallest absolute Gasteiger partial charge is 0.323 e. The van der Waals surface area contributed by atoms with Crippen LogP contribution in [0.4, 0.5) is 28.9 Å². The Morgan fingerprint density at radius 1 is 0.812 bits per heavy atom.